The number of ether oxygens (including phenoxy) is 2. The number of nitrogens with zero attached hydrogens (tertiary/aromatic N) is 6. The molecule has 3 aromatic heterocycles. The number of fused-ring (bicyclic) bond motifs is 1. The summed E-state index contributed by atoms with van der Waals surface area (Å²) in [6.07, 6.45) is 14.7. The number of allylic oxidation sites excluding steroid dienone is 1. The van der Waals surface area contributed by atoms with Gasteiger partial charge in [0.25, 0.3) is 5.91 Å². The van der Waals surface area contributed by atoms with Crippen LogP contribution in [0.15, 0.2) is 66.2 Å². The van der Waals surface area contributed by atoms with Crippen molar-refractivity contribution in [2.75, 3.05) is 32.6 Å². The number of hydrogen-bond donors (Lipinski definition) is 2. The summed E-state index contributed by atoms with van der Waals surface area (Å²) in [6, 6.07) is 9.42. The maximum Gasteiger partial charge on any atom is 0.256 e. The molecular formula is C38H44N8O4S. The standard InChI is InChI=1S/C38H44N8O4S/c1-24(2)50-33-11-8-27(22-39-33)35-29-20-28(9-10-30(29)42-43-35)41-37(48)38(49-4)15-12-25(21-38)19-34(47)46-17-13-26(14-18-46)36-40-23-32(51-36)31-7-5-6-16-45(3)44-31/h6,8-11,13,16,20,22-25H,5,7,12,14-15,17-19,21H2,1-4H3,(H,41,48)(H,42,43)/t25?,38-/m0/s1. The minimum atomic E-state index is -1.00. The molecule has 2 atom stereocenters. The van der Waals surface area contributed by atoms with E-state index in [9.17, 15) is 9.59 Å². The molecule has 7 rings (SSSR count). The molecule has 1 aliphatic carbocycles. The number of benzene rings is 1. The van der Waals surface area contributed by atoms with Gasteiger partial charge in [-0.05, 0) is 88.1 Å². The Morgan fingerprint density at radius 2 is 2.04 bits per heavy atom. The topological polar surface area (TPSA) is 138 Å². The molecule has 0 saturated heterocycles. The second kappa shape index (κ2) is 14.8. The Balaban J connectivity index is 0.952. The lowest BCUT2D eigenvalue weighted by Gasteiger charge is -2.28. The number of thiazole rings is 1. The largest absolute Gasteiger partial charge is 0.475 e. The fourth-order valence-electron chi connectivity index (χ4n) is 7.07. The minimum Gasteiger partial charge on any atom is -0.475 e. The van der Waals surface area contributed by atoms with Crippen molar-refractivity contribution in [1.82, 2.24) is 30.1 Å². The van der Waals surface area contributed by atoms with Crippen LogP contribution in [0.4, 0.5) is 5.69 Å². The van der Waals surface area contributed by atoms with Crippen molar-refractivity contribution in [3.8, 4) is 17.1 Å². The van der Waals surface area contributed by atoms with Gasteiger partial charge in [0, 0.05) is 75.0 Å². The van der Waals surface area contributed by atoms with Crippen molar-refractivity contribution in [2.45, 2.75) is 70.5 Å². The lowest BCUT2D eigenvalue weighted by molar-refractivity contribution is -0.138. The minimum absolute atomic E-state index is 0.0325. The fourth-order valence-corrected chi connectivity index (χ4v) is 8.07. The Morgan fingerprint density at radius 1 is 1.16 bits per heavy atom. The second-order valence-electron chi connectivity index (χ2n) is 13.7. The normalized spacial score (nSPS) is 20.8. The molecule has 0 bridgehead atoms. The smallest absolute Gasteiger partial charge is 0.256 e. The SMILES string of the molecule is CO[C@@]1(C(=O)Nc2ccc3[nH]nc(-c4ccc(OC(C)C)nc4)c3c2)CCC(CC(=O)N2CC=C(c3ncc(C4=NN(C)C=CCC4)s3)CC2)C1. The van der Waals surface area contributed by atoms with Crippen LogP contribution in [0.1, 0.15) is 68.7 Å². The fraction of sp³-hybridized carbons (Fsp3) is 0.421. The monoisotopic (exact) mass is 708 g/mol. The first-order valence-corrected chi connectivity index (χ1v) is 18.4. The highest BCUT2D eigenvalue weighted by atomic mass is 32.1. The molecule has 1 unspecified atom stereocenters. The second-order valence-corrected chi connectivity index (χ2v) is 14.8. The van der Waals surface area contributed by atoms with Gasteiger partial charge in [0.1, 0.15) is 16.3 Å². The van der Waals surface area contributed by atoms with Crippen LogP contribution in [0.25, 0.3) is 27.7 Å². The zero-order valence-corrected chi connectivity index (χ0v) is 30.3. The molecule has 51 heavy (non-hydrogen) atoms. The van der Waals surface area contributed by atoms with E-state index in [-0.39, 0.29) is 23.8 Å². The summed E-state index contributed by atoms with van der Waals surface area (Å²) in [5.41, 5.74) is 4.29. The highest BCUT2D eigenvalue weighted by molar-refractivity contribution is 7.14. The van der Waals surface area contributed by atoms with E-state index in [4.69, 9.17) is 14.5 Å². The maximum atomic E-state index is 13.8. The summed E-state index contributed by atoms with van der Waals surface area (Å²) in [7, 11) is 3.52. The number of aromatic amines is 1. The number of rotatable bonds is 10. The summed E-state index contributed by atoms with van der Waals surface area (Å²) in [6.45, 7) is 5.13. The lowest BCUT2D eigenvalue weighted by Crippen LogP contribution is -2.43. The molecular weight excluding hydrogens is 665 g/mol. The van der Waals surface area contributed by atoms with Crippen molar-refractivity contribution in [3.63, 3.8) is 0 Å². The van der Waals surface area contributed by atoms with Gasteiger partial charge in [0.15, 0.2) is 0 Å². The van der Waals surface area contributed by atoms with Crippen molar-refractivity contribution >= 4 is 51.0 Å². The van der Waals surface area contributed by atoms with E-state index in [1.54, 1.807) is 24.6 Å². The van der Waals surface area contributed by atoms with E-state index >= 15 is 0 Å². The zero-order valence-electron chi connectivity index (χ0n) is 29.5. The Kier molecular flexibility index (Phi) is 10.0. The van der Waals surface area contributed by atoms with Gasteiger partial charge in [-0.25, -0.2) is 9.97 Å². The van der Waals surface area contributed by atoms with Crippen LogP contribution in [0.5, 0.6) is 5.88 Å². The van der Waals surface area contributed by atoms with Gasteiger partial charge >= 0.3 is 0 Å². The lowest BCUT2D eigenvalue weighted by atomic mass is 9.96. The Hall–Kier alpha value is -4.88. The number of nitrogens with one attached hydrogen (secondary N) is 2. The van der Waals surface area contributed by atoms with Crippen molar-refractivity contribution in [1.29, 1.82) is 0 Å². The molecule has 3 aliphatic rings. The van der Waals surface area contributed by atoms with Crippen LogP contribution in [0.3, 0.4) is 0 Å². The summed E-state index contributed by atoms with van der Waals surface area (Å²) >= 11 is 1.67. The highest BCUT2D eigenvalue weighted by Gasteiger charge is 2.46. The summed E-state index contributed by atoms with van der Waals surface area (Å²) in [4.78, 5) is 39.3. The third kappa shape index (κ3) is 7.59. The molecule has 0 radical (unpaired) electrons. The van der Waals surface area contributed by atoms with Crippen LogP contribution in [0, 0.1) is 5.92 Å². The van der Waals surface area contributed by atoms with E-state index < -0.39 is 5.60 Å². The summed E-state index contributed by atoms with van der Waals surface area (Å²) in [5.74, 6) is 0.522. The molecule has 12 nitrogen and oxygen atoms in total. The number of carbonyl (C=O) groups excluding carboxylic acids is 2. The number of amides is 2. The number of hydrazone groups is 1. The molecule has 4 aromatic rings. The van der Waals surface area contributed by atoms with Crippen LogP contribution in [-0.2, 0) is 14.3 Å². The Bertz CT molecular complexity index is 2000. The summed E-state index contributed by atoms with van der Waals surface area (Å²) < 4.78 is 11.6. The third-order valence-corrected chi connectivity index (χ3v) is 10.9. The van der Waals surface area contributed by atoms with Crippen molar-refractivity contribution in [3.05, 3.63) is 71.0 Å². The predicted octanol–water partition coefficient (Wildman–Crippen LogP) is 6.64. The van der Waals surface area contributed by atoms with Gasteiger partial charge in [-0.3, -0.25) is 19.7 Å². The Morgan fingerprint density at radius 3 is 2.80 bits per heavy atom. The molecule has 1 saturated carbocycles. The van der Waals surface area contributed by atoms with Crippen molar-refractivity contribution < 1.29 is 19.1 Å². The van der Waals surface area contributed by atoms with Crippen LogP contribution >= 0.6 is 11.3 Å². The zero-order chi connectivity index (χ0) is 35.5. The average molecular weight is 709 g/mol. The number of hydrogen-bond acceptors (Lipinski definition) is 10. The molecule has 2 aliphatic heterocycles. The van der Waals surface area contributed by atoms with Crippen LogP contribution < -0.4 is 10.1 Å². The number of carbonyl (C=O) groups is 2. The Labute approximate surface area is 301 Å². The molecule has 13 heteroatoms. The van der Waals surface area contributed by atoms with Crippen LogP contribution in [0.2, 0.25) is 0 Å². The van der Waals surface area contributed by atoms with Gasteiger partial charge in [-0.15, -0.1) is 11.3 Å². The molecule has 1 fully saturated rings. The van der Waals surface area contributed by atoms with Gasteiger partial charge in [0.05, 0.1) is 22.2 Å². The first-order chi connectivity index (χ1) is 24.7. The number of anilines is 1. The van der Waals surface area contributed by atoms with Gasteiger partial charge in [-0.1, -0.05) is 12.2 Å². The number of methoxy groups -OCH3 is 1. The first-order valence-electron chi connectivity index (χ1n) is 17.6. The van der Waals surface area contributed by atoms with E-state index in [0.29, 0.717) is 43.9 Å². The number of H-pyrrole nitrogens is 1. The van der Waals surface area contributed by atoms with Crippen LogP contribution in [-0.4, -0.2) is 86.6 Å². The summed E-state index contributed by atoms with van der Waals surface area (Å²) in [5, 5.41) is 19.1. The average Bonchev–Trinajstić information content (AvgIpc) is 3.86. The van der Waals surface area contributed by atoms with Crippen molar-refractivity contribution in [2.24, 2.45) is 11.0 Å². The molecule has 2 amide bonds. The molecule has 0 spiro atoms. The van der Waals surface area contributed by atoms with E-state index in [1.165, 1.54) is 5.57 Å². The molecule has 1 aromatic carbocycles. The quantitative estimate of drug-likeness (QED) is 0.187. The van der Waals surface area contributed by atoms with E-state index in [2.05, 4.69) is 37.8 Å². The van der Waals surface area contributed by atoms with Gasteiger partial charge < -0.3 is 19.7 Å². The number of pyridine rings is 1. The van der Waals surface area contributed by atoms with E-state index in [0.717, 1.165) is 63.4 Å². The van der Waals surface area contributed by atoms with E-state index in [1.807, 2.05) is 73.5 Å². The molecule has 266 valence electrons. The van der Waals surface area contributed by atoms with Gasteiger partial charge in [0.2, 0.25) is 11.8 Å². The first kappa shape index (κ1) is 34.6. The maximum absolute atomic E-state index is 13.8. The third-order valence-electron chi connectivity index (χ3n) is 9.80. The van der Waals surface area contributed by atoms with Gasteiger partial charge in [-0.2, -0.15) is 10.2 Å². The molecule has 2 N–H and O–H groups in total. The number of aromatic nitrogens is 4. The predicted molar refractivity (Wildman–Crippen MR) is 199 cm³/mol. The highest BCUT2D eigenvalue weighted by Crippen LogP contribution is 2.41. The molecule has 5 heterocycles.